The zero-order valence-corrected chi connectivity index (χ0v) is 10.5. The first-order valence-corrected chi connectivity index (χ1v) is 6.49. The van der Waals surface area contributed by atoms with E-state index in [2.05, 4.69) is 17.0 Å². The summed E-state index contributed by atoms with van der Waals surface area (Å²) in [7, 11) is 0. The monoisotopic (exact) mass is 239 g/mol. The maximum atomic E-state index is 9.39. The lowest BCUT2D eigenvalue weighted by molar-refractivity contribution is 0.246. The van der Waals surface area contributed by atoms with E-state index in [0.717, 1.165) is 18.7 Å². The molecule has 1 aliphatic heterocycles. The van der Waals surface area contributed by atoms with Gasteiger partial charge in [-0.15, -0.1) is 0 Å². The zero-order chi connectivity index (χ0) is 12.8. The van der Waals surface area contributed by atoms with Gasteiger partial charge < -0.3 is 0 Å². The molecule has 0 amide bonds. The molecule has 1 atom stereocenters. The van der Waals surface area contributed by atoms with E-state index in [-0.39, 0.29) is 6.04 Å². The minimum Gasteiger partial charge on any atom is -0.284 e. The van der Waals surface area contributed by atoms with Crippen molar-refractivity contribution in [1.82, 2.24) is 4.90 Å². The Labute approximate surface area is 108 Å². The molecule has 0 saturated carbocycles. The fourth-order valence-corrected chi connectivity index (χ4v) is 2.46. The molecular formula is C15H17N3. The second-order valence-corrected chi connectivity index (χ2v) is 4.72. The Hall–Kier alpha value is -1.84. The Morgan fingerprint density at radius 3 is 2.06 bits per heavy atom. The van der Waals surface area contributed by atoms with Crippen molar-refractivity contribution in [1.29, 1.82) is 10.5 Å². The molecule has 0 aromatic heterocycles. The van der Waals surface area contributed by atoms with E-state index in [1.807, 2.05) is 12.1 Å². The molecule has 0 radical (unpaired) electrons. The zero-order valence-electron chi connectivity index (χ0n) is 10.5. The van der Waals surface area contributed by atoms with Crippen molar-refractivity contribution in [3.8, 4) is 12.1 Å². The van der Waals surface area contributed by atoms with Gasteiger partial charge in [0.2, 0.25) is 0 Å². The molecule has 1 aromatic rings. The Kier molecular flexibility index (Phi) is 4.34. The van der Waals surface area contributed by atoms with E-state index >= 15 is 0 Å². The minimum absolute atomic E-state index is 0.171. The van der Waals surface area contributed by atoms with Crippen molar-refractivity contribution in [3.63, 3.8) is 0 Å². The molecule has 1 aromatic carbocycles. The largest absolute Gasteiger partial charge is 0.284 e. The lowest BCUT2D eigenvalue weighted by Crippen LogP contribution is -2.28. The summed E-state index contributed by atoms with van der Waals surface area (Å²) in [5.41, 5.74) is 1.64. The van der Waals surface area contributed by atoms with Crippen LogP contribution >= 0.6 is 0 Å². The van der Waals surface area contributed by atoms with Gasteiger partial charge in [0.1, 0.15) is 6.04 Å². The molecule has 1 heterocycles. The highest BCUT2D eigenvalue weighted by atomic mass is 15.1. The molecule has 0 aliphatic carbocycles. The van der Waals surface area contributed by atoms with E-state index in [4.69, 9.17) is 5.26 Å². The molecule has 0 bridgehead atoms. The van der Waals surface area contributed by atoms with Crippen LogP contribution in [0.5, 0.6) is 0 Å². The Morgan fingerprint density at radius 2 is 1.56 bits per heavy atom. The van der Waals surface area contributed by atoms with E-state index in [1.165, 1.54) is 25.7 Å². The third-order valence-electron chi connectivity index (χ3n) is 3.48. The van der Waals surface area contributed by atoms with Gasteiger partial charge in [0, 0.05) is 0 Å². The molecular weight excluding hydrogens is 222 g/mol. The third-order valence-corrected chi connectivity index (χ3v) is 3.48. The second kappa shape index (κ2) is 6.19. The van der Waals surface area contributed by atoms with E-state index in [1.54, 1.807) is 12.1 Å². The molecule has 1 saturated heterocycles. The average molecular weight is 239 g/mol. The molecule has 0 spiro atoms. The predicted octanol–water partition coefficient (Wildman–Crippen LogP) is 3.00. The number of hydrogen-bond acceptors (Lipinski definition) is 3. The van der Waals surface area contributed by atoms with Crippen LogP contribution in [-0.2, 0) is 0 Å². The Bertz CT molecular complexity index is 456. The van der Waals surface area contributed by atoms with Gasteiger partial charge in [0.05, 0.1) is 17.7 Å². The van der Waals surface area contributed by atoms with Gasteiger partial charge in [-0.25, -0.2) is 0 Å². The maximum absolute atomic E-state index is 9.39. The quantitative estimate of drug-likeness (QED) is 0.797. The second-order valence-electron chi connectivity index (χ2n) is 4.72. The standard InChI is InChI=1S/C15H17N3/c16-11-13-5-7-14(8-6-13)15(12-17)18-9-3-1-2-4-10-18/h5-8,15H,1-4,9-10H2. The number of likely N-dealkylation sites (tertiary alicyclic amines) is 1. The molecule has 1 fully saturated rings. The lowest BCUT2D eigenvalue weighted by atomic mass is 10.0. The van der Waals surface area contributed by atoms with Crippen molar-refractivity contribution >= 4 is 0 Å². The van der Waals surface area contributed by atoms with Gasteiger partial charge in [-0.2, -0.15) is 10.5 Å². The lowest BCUT2D eigenvalue weighted by Gasteiger charge is -2.25. The number of rotatable bonds is 2. The number of benzene rings is 1. The maximum Gasteiger partial charge on any atom is 0.123 e. The first kappa shape index (κ1) is 12.6. The summed E-state index contributed by atoms with van der Waals surface area (Å²) in [5.74, 6) is 0. The van der Waals surface area contributed by atoms with Gasteiger partial charge in [0.15, 0.2) is 0 Å². The van der Waals surface area contributed by atoms with Crippen LogP contribution in [0.2, 0.25) is 0 Å². The average Bonchev–Trinajstić information content (AvgIpc) is 2.70. The van der Waals surface area contributed by atoms with Crippen molar-refractivity contribution in [2.24, 2.45) is 0 Å². The molecule has 92 valence electrons. The topological polar surface area (TPSA) is 50.8 Å². The molecule has 3 nitrogen and oxygen atoms in total. The summed E-state index contributed by atoms with van der Waals surface area (Å²) in [4.78, 5) is 2.26. The summed E-state index contributed by atoms with van der Waals surface area (Å²) >= 11 is 0. The highest BCUT2D eigenvalue weighted by Gasteiger charge is 2.20. The highest BCUT2D eigenvalue weighted by Crippen LogP contribution is 2.23. The normalized spacial score (nSPS) is 18.3. The van der Waals surface area contributed by atoms with Crippen LogP contribution in [0.15, 0.2) is 24.3 Å². The van der Waals surface area contributed by atoms with Gasteiger partial charge in [-0.1, -0.05) is 25.0 Å². The summed E-state index contributed by atoms with van der Waals surface area (Å²) in [6.07, 6.45) is 4.88. The van der Waals surface area contributed by atoms with E-state index < -0.39 is 0 Å². The van der Waals surface area contributed by atoms with E-state index in [9.17, 15) is 5.26 Å². The first-order valence-electron chi connectivity index (χ1n) is 6.49. The minimum atomic E-state index is -0.171. The number of hydrogen-bond donors (Lipinski definition) is 0. The fraction of sp³-hybridized carbons (Fsp3) is 0.467. The predicted molar refractivity (Wildman–Crippen MR) is 69.6 cm³/mol. The Morgan fingerprint density at radius 1 is 0.944 bits per heavy atom. The van der Waals surface area contributed by atoms with Crippen molar-refractivity contribution < 1.29 is 0 Å². The van der Waals surface area contributed by atoms with Gasteiger partial charge in [0.25, 0.3) is 0 Å². The van der Waals surface area contributed by atoms with Crippen LogP contribution in [-0.4, -0.2) is 18.0 Å². The van der Waals surface area contributed by atoms with Crippen LogP contribution in [0, 0.1) is 22.7 Å². The molecule has 0 N–H and O–H groups in total. The van der Waals surface area contributed by atoms with Crippen LogP contribution < -0.4 is 0 Å². The van der Waals surface area contributed by atoms with Gasteiger partial charge in [-0.05, 0) is 43.6 Å². The summed E-state index contributed by atoms with van der Waals surface area (Å²) in [6, 6.07) is 11.7. The SMILES string of the molecule is N#Cc1ccc(C(C#N)N2CCCCCC2)cc1. The highest BCUT2D eigenvalue weighted by molar-refractivity contribution is 5.34. The molecule has 3 heteroatoms. The Balaban J connectivity index is 2.16. The smallest absolute Gasteiger partial charge is 0.123 e. The van der Waals surface area contributed by atoms with Crippen LogP contribution in [0.3, 0.4) is 0 Å². The number of nitrogens with zero attached hydrogens (tertiary/aromatic N) is 3. The molecule has 1 aliphatic rings. The van der Waals surface area contributed by atoms with Gasteiger partial charge >= 0.3 is 0 Å². The number of nitriles is 2. The molecule has 2 rings (SSSR count). The van der Waals surface area contributed by atoms with Crippen molar-refractivity contribution in [2.75, 3.05) is 13.1 Å². The van der Waals surface area contributed by atoms with Crippen LogP contribution in [0.25, 0.3) is 0 Å². The summed E-state index contributed by atoms with van der Waals surface area (Å²) < 4.78 is 0. The summed E-state index contributed by atoms with van der Waals surface area (Å²) in [5, 5.41) is 18.2. The van der Waals surface area contributed by atoms with Gasteiger partial charge in [-0.3, -0.25) is 4.90 Å². The summed E-state index contributed by atoms with van der Waals surface area (Å²) in [6.45, 7) is 2.00. The van der Waals surface area contributed by atoms with Crippen LogP contribution in [0.4, 0.5) is 0 Å². The first-order chi connectivity index (χ1) is 8.85. The van der Waals surface area contributed by atoms with Crippen LogP contribution in [0.1, 0.15) is 42.9 Å². The molecule has 18 heavy (non-hydrogen) atoms. The van der Waals surface area contributed by atoms with E-state index in [0.29, 0.717) is 5.56 Å². The third kappa shape index (κ3) is 2.88. The molecule has 1 unspecified atom stereocenters. The van der Waals surface area contributed by atoms with Crippen molar-refractivity contribution in [3.05, 3.63) is 35.4 Å². The fourth-order valence-electron chi connectivity index (χ4n) is 2.46. The van der Waals surface area contributed by atoms with Crippen molar-refractivity contribution in [2.45, 2.75) is 31.7 Å².